The maximum atomic E-state index is 12.2. The Morgan fingerprint density at radius 3 is 2.75 bits per heavy atom. The monoisotopic (exact) mass is 272 g/mol. The van der Waals surface area contributed by atoms with Crippen LogP contribution in [0.25, 0.3) is 0 Å². The molecule has 2 aromatic rings. The molecule has 0 atom stereocenters. The molecule has 104 valence electrons. The van der Waals surface area contributed by atoms with Crippen molar-refractivity contribution in [3.8, 4) is 0 Å². The van der Waals surface area contributed by atoms with Gasteiger partial charge in [0, 0.05) is 24.8 Å². The topological polar surface area (TPSA) is 60.4 Å². The first-order valence-electron chi connectivity index (χ1n) is 6.66. The molecule has 0 unspecified atom stereocenters. The van der Waals surface area contributed by atoms with E-state index in [1.807, 2.05) is 13.8 Å². The highest BCUT2D eigenvalue weighted by Gasteiger charge is 2.33. The van der Waals surface area contributed by atoms with Crippen LogP contribution in [0.3, 0.4) is 0 Å². The van der Waals surface area contributed by atoms with E-state index in [2.05, 4.69) is 0 Å². The number of ketones is 1. The summed E-state index contributed by atoms with van der Waals surface area (Å²) >= 11 is 0. The molecule has 2 heterocycles. The normalized spacial score (nSPS) is 17.0. The van der Waals surface area contributed by atoms with Gasteiger partial charge in [-0.25, -0.2) is 4.79 Å². The van der Waals surface area contributed by atoms with Gasteiger partial charge in [0.2, 0.25) is 0 Å². The second kappa shape index (κ2) is 4.47. The average Bonchev–Trinajstić information content (AvgIpc) is 2.82. The predicted octanol–water partition coefficient (Wildman–Crippen LogP) is 2.98. The van der Waals surface area contributed by atoms with Gasteiger partial charge in [-0.1, -0.05) is 13.8 Å². The second-order valence-electron chi connectivity index (χ2n) is 6.09. The molecule has 0 bridgehead atoms. The zero-order valence-corrected chi connectivity index (χ0v) is 11.6. The summed E-state index contributed by atoms with van der Waals surface area (Å²) in [5.41, 5.74) is 0.477. The van der Waals surface area contributed by atoms with E-state index < -0.39 is 0 Å². The molecule has 4 nitrogen and oxygen atoms in total. The maximum Gasteiger partial charge on any atom is 0.339 e. The largest absolute Gasteiger partial charge is 0.469 e. The Balaban J connectivity index is 2.02. The molecule has 4 heteroatoms. The first-order chi connectivity index (χ1) is 9.44. The van der Waals surface area contributed by atoms with Crippen molar-refractivity contribution in [2.45, 2.75) is 33.1 Å². The number of rotatable bonds is 2. The molecular formula is C16H16O4. The van der Waals surface area contributed by atoms with Gasteiger partial charge < -0.3 is 8.83 Å². The first-order valence-corrected chi connectivity index (χ1v) is 6.66. The smallest absolute Gasteiger partial charge is 0.339 e. The van der Waals surface area contributed by atoms with Gasteiger partial charge in [0.05, 0.1) is 11.8 Å². The standard InChI is InChI=1S/C16H16O4/c1-16(2)8-13(17)12-7-10(6-11-4-3-5-19-11)15(18)20-14(12)9-16/h3-5,7H,6,8-9H2,1-2H3. The predicted molar refractivity (Wildman–Crippen MR) is 72.9 cm³/mol. The van der Waals surface area contributed by atoms with Gasteiger partial charge >= 0.3 is 5.63 Å². The summed E-state index contributed by atoms with van der Waals surface area (Å²) in [7, 11) is 0. The molecule has 1 aliphatic rings. The molecule has 0 fully saturated rings. The first kappa shape index (κ1) is 12.9. The van der Waals surface area contributed by atoms with Crippen molar-refractivity contribution in [2.24, 2.45) is 5.41 Å². The van der Waals surface area contributed by atoms with Crippen molar-refractivity contribution in [3.05, 3.63) is 57.5 Å². The molecular weight excluding hydrogens is 256 g/mol. The number of hydrogen-bond acceptors (Lipinski definition) is 4. The highest BCUT2D eigenvalue weighted by Crippen LogP contribution is 2.34. The summed E-state index contributed by atoms with van der Waals surface area (Å²) in [6.45, 7) is 4.01. The molecule has 0 N–H and O–H groups in total. The Morgan fingerprint density at radius 2 is 2.05 bits per heavy atom. The fourth-order valence-corrected chi connectivity index (χ4v) is 2.66. The van der Waals surface area contributed by atoms with Crippen LogP contribution in [0.1, 0.15) is 47.7 Å². The van der Waals surface area contributed by atoms with E-state index in [-0.39, 0.29) is 16.8 Å². The zero-order chi connectivity index (χ0) is 14.3. The fraction of sp³-hybridized carbons (Fsp3) is 0.375. The van der Waals surface area contributed by atoms with E-state index in [0.717, 1.165) is 0 Å². The summed E-state index contributed by atoms with van der Waals surface area (Å²) in [6, 6.07) is 5.23. The van der Waals surface area contributed by atoms with Crippen LogP contribution in [-0.4, -0.2) is 5.78 Å². The van der Waals surface area contributed by atoms with E-state index in [4.69, 9.17) is 8.83 Å². The van der Waals surface area contributed by atoms with Gasteiger partial charge in [-0.15, -0.1) is 0 Å². The van der Waals surface area contributed by atoms with Gasteiger partial charge in [0.1, 0.15) is 11.5 Å². The minimum absolute atomic E-state index is 0.0423. The Hall–Kier alpha value is -2.10. The molecule has 0 aliphatic heterocycles. The molecule has 0 saturated heterocycles. The third kappa shape index (κ3) is 2.33. The second-order valence-corrected chi connectivity index (χ2v) is 6.09. The van der Waals surface area contributed by atoms with E-state index in [1.54, 1.807) is 24.5 Å². The minimum atomic E-state index is -0.384. The van der Waals surface area contributed by atoms with E-state index in [0.29, 0.717) is 41.9 Å². The van der Waals surface area contributed by atoms with Crippen molar-refractivity contribution in [2.75, 3.05) is 0 Å². The number of fused-ring (bicyclic) bond motifs is 1. The lowest BCUT2D eigenvalue weighted by Crippen LogP contribution is -2.29. The average molecular weight is 272 g/mol. The molecule has 3 rings (SSSR count). The Labute approximate surface area is 116 Å². The van der Waals surface area contributed by atoms with Crippen LogP contribution in [0.4, 0.5) is 0 Å². The van der Waals surface area contributed by atoms with Crippen LogP contribution in [0.15, 0.2) is 38.1 Å². The third-order valence-electron chi connectivity index (χ3n) is 3.62. The Morgan fingerprint density at radius 1 is 1.25 bits per heavy atom. The van der Waals surface area contributed by atoms with Crippen molar-refractivity contribution in [1.82, 2.24) is 0 Å². The van der Waals surface area contributed by atoms with Crippen molar-refractivity contribution >= 4 is 5.78 Å². The van der Waals surface area contributed by atoms with Gasteiger partial charge in [-0.05, 0) is 23.6 Å². The fourth-order valence-electron chi connectivity index (χ4n) is 2.66. The lowest BCUT2D eigenvalue weighted by atomic mass is 9.76. The number of Topliss-reactive ketones (excluding diaryl/α,β-unsaturated/α-hetero) is 1. The summed E-state index contributed by atoms with van der Waals surface area (Å²) in [6.07, 6.45) is 3.00. The highest BCUT2D eigenvalue weighted by atomic mass is 16.4. The van der Waals surface area contributed by atoms with Gasteiger partial charge in [0.25, 0.3) is 0 Å². The summed E-state index contributed by atoms with van der Waals surface area (Å²) in [5.74, 6) is 1.24. The lowest BCUT2D eigenvalue weighted by molar-refractivity contribution is 0.0897. The van der Waals surface area contributed by atoms with Crippen LogP contribution >= 0.6 is 0 Å². The van der Waals surface area contributed by atoms with Gasteiger partial charge in [-0.2, -0.15) is 0 Å². The number of carbonyl (C=O) groups excluding carboxylic acids is 1. The third-order valence-corrected chi connectivity index (χ3v) is 3.62. The maximum absolute atomic E-state index is 12.2. The van der Waals surface area contributed by atoms with E-state index in [9.17, 15) is 9.59 Å². The van der Waals surface area contributed by atoms with E-state index in [1.165, 1.54) is 0 Å². The zero-order valence-electron chi connectivity index (χ0n) is 11.6. The summed E-state index contributed by atoms with van der Waals surface area (Å²) in [5, 5.41) is 0. The van der Waals surface area contributed by atoms with Gasteiger partial charge in [0.15, 0.2) is 5.78 Å². The van der Waals surface area contributed by atoms with Crippen LogP contribution in [0.2, 0.25) is 0 Å². The molecule has 0 radical (unpaired) electrons. The van der Waals surface area contributed by atoms with E-state index >= 15 is 0 Å². The molecule has 0 amide bonds. The van der Waals surface area contributed by atoms with Crippen molar-refractivity contribution in [3.63, 3.8) is 0 Å². The van der Waals surface area contributed by atoms with Crippen molar-refractivity contribution < 1.29 is 13.6 Å². The SMILES string of the molecule is CC1(C)CC(=O)c2cc(Cc3ccco3)c(=O)oc2C1. The summed E-state index contributed by atoms with van der Waals surface area (Å²) < 4.78 is 10.6. The molecule has 0 spiro atoms. The number of hydrogen-bond donors (Lipinski definition) is 0. The highest BCUT2D eigenvalue weighted by molar-refractivity contribution is 5.98. The Bertz CT molecular complexity index is 705. The molecule has 0 aromatic carbocycles. The van der Waals surface area contributed by atoms with Crippen LogP contribution in [-0.2, 0) is 12.8 Å². The Kier molecular flexibility index (Phi) is 2.89. The minimum Gasteiger partial charge on any atom is -0.469 e. The van der Waals surface area contributed by atoms with Crippen LogP contribution in [0.5, 0.6) is 0 Å². The molecule has 0 saturated carbocycles. The number of carbonyl (C=O) groups is 1. The molecule has 2 aromatic heterocycles. The molecule has 20 heavy (non-hydrogen) atoms. The number of furan rings is 1. The van der Waals surface area contributed by atoms with Gasteiger partial charge in [-0.3, -0.25) is 4.79 Å². The van der Waals surface area contributed by atoms with Crippen LogP contribution in [0, 0.1) is 5.41 Å². The van der Waals surface area contributed by atoms with Crippen LogP contribution < -0.4 is 5.63 Å². The summed E-state index contributed by atoms with van der Waals surface area (Å²) in [4.78, 5) is 24.2. The van der Waals surface area contributed by atoms with Crippen molar-refractivity contribution in [1.29, 1.82) is 0 Å². The lowest BCUT2D eigenvalue weighted by Gasteiger charge is -2.28. The molecule has 1 aliphatic carbocycles. The quantitative estimate of drug-likeness (QED) is 0.843.